The number of rotatable bonds is 5. The molecular weight excluding hydrogens is 258 g/mol. The first-order chi connectivity index (χ1) is 9.99. The highest BCUT2D eigenvalue weighted by atomic mass is 15.0. The predicted octanol–water partition coefficient (Wildman–Crippen LogP) is 4.39. The largest absolute Gasteiger partial charge is 0.370 e. The van der Waals surface area contributed by atoms with Gasteiger partial charge in [-0.1, -0.05) is 26.0 Å². The second kappa shape index (κ2) is 6.70. The Balaban J connectivity index is 2.45. The van der Waals surface area contributed by atoms with E-state index >= 15 is 0 Å². The van der Waals surface area contributed by atoms with E-state index in [1.54, 1.807) is 0 Å². The average Bonchev–Trinajstić information content (AvgIpc) is 2.41. The van der Waals surface area contributed by atoms with Crippen LogP contribution in [-0.2, 0) is 6.42 Å². The van der Waals surface area contributed by atoms with Crippen LogP contribution in [0, 0.1) is 19.8 Å². The van der Waals surface area contributed by atoms with Gasteiger partial charge >= 0.3 is 0 Å². The lowest BCUT2D eigenvalue weighted by molar-refractivity contribution is 0.635. The molecule has 1 aromatic heterocycles. The molecule has 0 aliphatic carbocycles. The molecule has 0 aliphatic rings. The minimum Gasteiger partial charge on any atom is -0.370 e. The lowest BCUT2D eigenvalue weighted by Crippen LogP contribution is -2.06. The van der Waals surface area contributed by atoms with E-state index in [4.69, 9.17) is 4.98 Å². The highest BCUT2D eigenvalue weighted by Crippen LogP contribution is 2.22. The van der Waals surface area contributed by atoms with Gasteiger partial charge in [-0.05, 0) is 50.3 Å². The maximum absolute atomic E-state index is 4.75. The Hall–Kier alpha value is -1.90. The fourth-order valence-electron chi connectivity index (χ4n) is 2.30. The van der Waals surface area contributed by atoms with Crippen LogP contribution in [0.2, 0.25) is 0 Å². The van der Waals surface area contributed by atoms with E-state index in [0.29, 0.717) is 5.92 Å². The van der Waals surface area contributed by atoms with E-state index in [9.17, 15) is 0 Å². The molecule has 1 aromatic carbocycles. The van der Waals surface area contributed by atoms with Crippen LogP contribution in [0.1, 0.15) is 37.6 Å². The zero-order valence-corrected chi connectivity index (χ0v) is 13.7. The molecule has 0 atom stereocenters. The third kappa shape index (κ3) is 4.03. The Morgan fingerprint density at radius 2 is 1.81 bits per heavy atom. The van der Waals surface area contributed by atoms with Gasteiger partial charge in [-0.25, -0.2) is 9.97 Å². The van der Waals surface area contributed by atoms with E-state index in [2.05, 4.69) is 69.2 Å². The molecule has 0 unspecified atom stereocenters. The summed E-state index contributed by atoms with van der Waals surface area (Å²) in [5.41, 5.74) is 4.76. The van der Waals surface area contributed by atoms with Crippen molar-refractivity contribution in [2.75, 3.05) is 11.9 Å². The standard InChI is InChI=1S/C18H25N3/c1-6-19-17-11-16(9-12(2)3)20-18(21-17)15-8-7-13(4)14(5)10-15/h7-8,10-12H,6,9H2,1-5H3,(H,19,20,21). The molecular formula is C18H25N3. The summed E-state index contributed by atoms with van der Waals surface area (Å²) in [6.45, 7) is 11.6. The number of nitrogens with zero attached hydrogens (tertiary/aromatic N) is 2. The van der Waals surface area contributed by atoms with Crippen molar-refractivity contribution in [2.45, 2.75) is 41.0 Å². The summed E-state index contributed by atoms with van der Waals surface area (Å²) in [6.07, 6.45) is 0.971. The predicted molar refractivity (Wildman–Crippen MR) is 89.6 cm³/mol. The quantitative estimate of drug-likeness (QED) is 0.884. The summed E-state index contributed by atoms with van der Waals surface area (Å²) in [4.78, 5) is 9.39. The summed E-state index contributed by atoms with van der Waals surface area (Å²) < 4.78 is 0. The Labute approximate surface area is 127 Å². The number of benzene rings is 1. The minimum absolute atomic E-state index is 0.585. The first-order valence-corrected chi connectivity index (χ1v) is 7.69. The van der Waals surface area contributed by atoms with Gasteiger partial charge in [0.05, 0.1) is 0 Å². The molecule has 2 rings (SSSR count). The zero-order chi connectivity index (χ0) is 15.4. The molecule has 0 amide bonds. The van der Waals surface area contributed by atoms with Gasteiger partial charge in [0.2, 0.25) is 0 Å². The van der Waals surface area contributed by atoms with Crippen LogP contribution in [0.5, 0.6) is 0 Å². The van der Waals surface area contributed by atoms with Gasteiger partial charge < -0.3 is 5.32 Å². The van der Waals surface area contributed by atoms with Gasteiger partial charge in [0, 0.05) is 23.9 Å². The Bertz CT molecular complexity index is 618. The maximum atomic E-state index is 4.75. The normalized spacial score (nSPS) is 11.0. The van der Waals surface area contributed by atoms with Crippen LogP contribution in [0.4, 0.5) is 5.82 Å². The molecule has 0 spiro atoms. The fourth-order valence-corrected chi connectivity index (χ4v) is 2.30. The second-order valence-electron chi connectivity index (χ2n) is 6.00. The van der Waals surface area contributed by atoms with Crippen molar-refractivity contribution in [3.05, 3.63) is 41.1 Å². The molecule has 21 heavy (non-hydrogen) atoms. The monoisotopic (exact) mass is 283 g/mol. The lowest BCUT2D eigenvalue weighted by Gasteiger charge is -2.11. The summed E-state index contributed by atoms with van der Waals surface area (Å²) in [5, 5.41) is 3.31. The number of anilines is 1. The van der Waals surface area contributed by atoms with E-state index in [-0.39, 0.29) is 0 Å². The van der Waals surface area contributed by atoms with Crippen molar-refractivity contribution in [2.24, 2.45) is 5.92 Å². The van der Waals surface area contributed by atoms with E-state index in [1.807, 2.05) is 0 Å². The average molecular weight is 283 g/mol. The third-order valence-corrected chi connectivity index (χ3v) is 3.52. The van der Waals surface area contributed by atoms with Crippen LogP contribution < -0.4 is 5.32 Å². The fraction of sp³-hybridized carbons (Fsp3) is 0.444. The number of hydrogen-bond donors (Lipinski definition) is 1. The number of aryl methyl sites for hydroxylation is 2. The molecule has 1 heterocycles. The molecule has 0 aliphatic heterocycles. The summed E-state index contributed by atoms with van der Waals surface area (Å²) in [5.74, 6) is 2.31. The topological polar surface area (TPSA) is 37.8 Å². The molecule has 3 heteroatoms. The van der Waals surface area contributed by atoms with Crippen LogP contribution in [-0.4, -0.2) is 16.5 Å². The van der Waals surface area contributed by atoms with Gasteiger partial charge in [-0.15, -0.1) is 0 Å². The molecule has 1 N–H and O–H groups in total. The van der Waals surface area contributed by atoms with Gasteiger partial charge in [-0.3, -0.25) is 0 Å². The second-order valence-corrected chi connectivity index (χ2v) is 6.00. The first kappa shape index (κ1) is 15.5. The molecule has 112 valence electrons. The molecule has 0 saturated carbocycles. The van der Waals surface area contributed by atoms with E-state index in [1.165, 1.54) is 11.1 Å². The molecule has 0 fully saturated rings. The van der Waals surface area contributed by atoms with Crippen LogP contribution >= 0.6 is 0 Å². The molecule has 0 radical (unpaired) electrons. The smallest absolute Gasteiger partial charge is 0.161 e. The highest BCUT2D eigenvalue weighted by molar-refractivity contribution is 5.59. The summed E-state index contributed by atoms with van der Waals surface area (Å²) >= 11 is 0. The number of nitrogens with one attached hydrogen (secondary N) is 1. The first-order valence-electron chi connectivity index (χ1n) is 7.69. The van der Waals surface area contributed by atoms with Gasteiger partial charge in [-0.2, -0.15) is 0 Å². The number of hydrogen-bond acceptors (Lipinski definition) is 3. The van der Waals surface area contributed by atoms with Crippen molar-refractivity contribution >= 4 is 5.82 Å². The van der Waals surface area contributed by atoms with Crippen LogP contribution in [0.15, 0.2) is 24.3 Å². The maximum Gasteiger partial charge on any atom is 0.161 e. The van der Waals surface area contributed by atoms with E-state index in [0.717, 1.165) is 35.9 Å². The highest BCUT2D eigenvalue weighted by Gasteiger charge is 2.09. The summed E-state index contributed by atoms with van der Waals surface area (Å²) in [7, 11) is 0. The Kier molecular flexibility index (Phi) is 4.94. The molecule has 3 nitrogen and oxygen atoms in total. The molecule has 2 aromatic rings. The zero-order valence-electron chi connectivity index (χ0n) is 13.7. The van der Waals surface area contributed by atoms with Crippen molar-refractivity contribution in [1.29, 1.82) is 0 Å². The van der Waals surface area contributed by atoms with E-state index < -0.39 is 0 Å². The van der Waals surface area contributed by atoms with Crippen LogP contribution in [0.25, 0.3) is 11.4 Å². The summed E-state index contributed by atoms with van der Waals surface area (Å²) in [6, 6.07) is 8.47. The van der Waals surface area contributed by atoms with Crippen molar-refractivity contribution in [3.63, 3.8) is 0 Å². The van der Waals surface area contributed by atoms with Crippen molar-refractivity contribution < 1.29 is 0 Å². The number of aromatic nitrogens is 2. The third-order valence-electron chi connectivity index (χ3n) is 3.52. The van der Waals surface area contributed by atoms with Crippen LogP contribution in [0.3, 0.4) is 0 Å². The SMILES string of the molecule is CCNc1cc(CC(C)C)nc(-c2ccc(C)c(C)c2)n1. The van der Waals surface area contributed by atoms with Gasteiger partial charge in [0.15, 0.2) is 5.82 Å². The molecule has 0 bridgehead atoms. The minimum atomic E-state index is 0.585. The van der Waals surface area contributed by atoms with Crippen molar-refractivity contribution in [1.82, 2.24) is 9.97 Å². The Morgan fingerprint density at radius 3 is 2.43 bits per heavy atom. The van der Waals surface area contributed by atoms with Crippen molar-refractivity contribution in [3.8, 4) is 11.4 Å². The van der Waals surface area contributed by atoms with Gasteiger partial charge in [0.1, 0.15) is 5.82 Å². The van der Waals surface area contributed by atoms with Gasteiger partial charge in [0.25, 0.3) is 0 Å². The molecule has 0 saturated heterocycles. The Morgan fingerprint density at radius 1 is 1.05 bits per heavy atom. The lowest BCUT2D eigenvalue weighted by atomic mass is 10.0.